The molecule has 0 saturated heterocycles. The summed E-state index contributed by atoms with van der Waals surface area (Å²) >= 11 is 6.84. The van der Waals surface area contributed by atoms with Gasteiger partial charge in [0.25, 0.3) is 10.1 Å². The summed E-state index contributed by atoms with van der Waals surface area (Å²) in [4.78, 5) is 4.00. The molecule has 2 aromatic rings. The quantitative estimate of drug-likeness (QED) is 0.476. The molecule has 4 nitrogen and oxygen atoms in total. The van der Waals surface area contributed by atoms with E-state index in [9.17, 15) is 8.42 Å². The van der Waals surface area contributed by atoms with Crippen molar-refractivity contribution >= 4 is 55.4 Å². The number of hydrogen-bond donors (Lipinski definition) is 1. The Morgan fingerprint density at radius 1 is 1.29 bits per heavy atom. The van der Waals surface area contributed by atoms with Crippen LogP contribution in [0.15, 0.2) is 52.4 Å². The van der Waals surface area contributed by atoms with Gasteiger partial charge in [-0.25, -0.2) is 0 Å². The molecule has 7 heteroatoms. The fourth-order valence-electron chi connectivity index (χ4n) is 2.78. The molecule has 0 aromatic heterocycles. The van der Waals surface area contributed by atoms with Gasteiger partial charge in [-0.3, -0.25) is 4.55 Å². The highest BCUT2D eigenvalue weighted by molar-refractivity contribution is 8.03. The Hall–Kier alpha value is -1.41. The van der Waals surface area contributed by atoms with Crippen LogP contribution >= 0.6 is 24.0 Å². The number of thiocarbonyl (C=S) groups is 1. The summed E-state index contributed by atoms with van der Waals surface area (Å²) in [5.74, 6) is -0.252. The van der Waals surface area contributed by atoms with Crippen LogP contribution in [0.3, 0.4) is 0 Å². The van der Waals surface area contributed by atoms with E-state index in [2.05, 4.69) is 29.2 Å². The second-order valence-corrected chi connectivity index (χ2v) is 8.90. The summed E-state index contributed by atoms with van der Waals surface area (Å²) in [7, 11) is -3.95. The highest BCUT2D eigenvalue weighted by Crippen LogP contribution is 2.49. The van der Waals surface area contributed by atoms with Crippen LogP contribution in [-0.4, -0.2) is 30.1 Å². The van der Waals surface area contributed by atoms with Crippen molar-refractivity contribution in [2.24, 2.45) is 0 Å². The molecule has 2 aromatic carbocycles. The Balaban J connectivity index is 2.02. The van der Waals surface area contributed by atoms with Crippen molar-refractivity contribution in [3.63, 3.8) is 0 Å². The van der Waals surface area contributed by atoms with E-state index in [1.54, 1.807) is 11.8 Å². The zero-order valence-corrected chi connectivity index (χ0v) is 15.5. The molecule has 126 valence electrons. The van der Waals surface area contributed by atoms with Crippen LogP contribution in [-0.2, 0) is 10.1 Å². The van der Waals surface area contributed by atoms with Crippen molar-refractivity contribution in [1.29, 1.82) is 0 Å². The summed E-state index contributed by atoms with van der Waals surface area (Å²) in [5.41, 5.74) is 1.08. The third kappa shape index (κ3) is 3.80. The standard InChI is InChI=1S/C17H17NO3S3/c1-12(22)11-16-18(9-4-10-24(19,20)21)17-14-6-3-2-5-13(14)7-8-15(17)23-16/h2-3,5-8,11H,4,9-10H2,1H3,(H,19,20,21)/b16-11-. The molecule has 1 heterocycles. The minimum absolute atomic E-state index is 0.252. The fourth-order valence-corrected chi connectivity index (χ4v) is 4.67. The number of benzene rings is 2. The van der Waals surface area contributed by atoms with Crippen molar-refractivity contribution in [2.45, 2.75) is 18.2 Å². The van der Waals surface area contributed by atoms with Crippen molar-refractivity contribution in [2.75, 3.05) is 17.2 Å². The van der Waals surface area contributed by atoms with Crippen molar-refractivity contribution in [3.8, 4) is 0 Å². The van der Waals surface area contributed by atoms with Gasteiger partial charge in [0.05, 0.1) is 16.5 Å². The van der Waals surface area contributed by atoms with Crippen LogP contribution in [0, 0.1) is 0 Å². The molecular weight excluding hydrogens is 362 g/mol. The molecule has 0 amide bonds. The number of fused-ring (bicyclic) bond motifs is 3. The second-order valence-electron chi connectivity index (χ2n) is 5.62. The van der Waals surface area contributed by atoms with Gasteiger partial charge in [0.15, 0.2) is 0 Å². The summed E-state index contributed by atoms with van der Waals surface area (Å²) in [6.45, 7) is 2.36. The van der Waals surface area contributed by atoms with Crippen LogP contribution in [0.2, 0.25) is 0 Å². The minimum Gasteiger partial charge on any atom is -0.334 e. The van der Waals surface area contributed by atoms with Gasteiger partial charge >= 0.3 is 0 Å². The first-order valence-corrected chi connectivity index (χ1v) is 10.3. The van der Waals surface area contributed by atoms with Gasteiger partial charge in [0.1, 0.15) is 0 Å². The van der Waals surface area contributed by atoms with Crippen LogP contribution in [0.5, 0.6) is 0 Å². The Kier molecular flexibility index (Phi) is 4.96. The monoisotopic (exact) mass is 379 g/mol. The normalized spacial score (nSPS) is 15.9. The number of hydrogen-bond acceptors (Lipinski definition) is 5. The maximum atomic E-state index is 11.0. The van der Waals surface area contributed by atoms with E-state index < -0.39 is 10.1 Å². The number of nitrogens with zero attached hydrogens (tertiary/aromatic N) is 1. The van der Waals surface area contributed by atoms with Crippen molar-refractivity contribution in [1.82, 2.24) is 0 Å². The molecule has 1 aliphatic rings. The second kappa shape index (κ2) is 6.84. The molecule has 1 aliphatic heterocycles. The molecule has 24 heavy (non-hydrogen) atoms. The molecule has 0 unspecified atom stereocenters. The maximum Gasteiger partial charge on any atom is 0.264 e. The summed E-state index contributed by atoms with van der Waals surface area (Å²) in [6, 6.07) is 12.3. The third-order valence-corrected chi connectivity index (χ3v) is 5.74. The Morgan fingerprint density at radius 3 is 2.75 bits per heavy atom. The minimum atomic E-state index is -3.95. The lowest BCUT2D eigenvalue weighted by Gasteiger charge is -2.21. The van der Waals surface area contributed by atoms with E-state index in [0.29, 0.717) is 13.0 Å². The maximum absolute atomic E-state index is 11.0. The lowest BCUT2D eigenvalue weighted by atomic mass is 10.1. The molecular formula is C17H17NO3S3. The third-order valence-electron chi connectivity index (χ3n) is 3.72. The van der Waals surface area contributed by atoms with Gasteiger partial charge < -0.3 is 4.90 Å². The lowest BCUT2D eigenvalue weighted by molar-refractivity contribution is 0.481. The number of rotatable bonds is 5. The highest BCUT2D eigenvalue weighted by Gasteiger charge is 2.27. The SMILES string of the molecule is CC(=S)/C=C1\Sc2ccc3ccccc3c2N1CCCS(=O)(=O)O. The summed E-state index contributed by atoms with van der Waals surface area (Å²) in [5, 5.41) is 3.25. The Bertz CT molecular complexity index is 935. The first-order chi connectivity index (χ1) is 11.3. The number of allylic oxidation sites excluding steroid dienone is 1. The van der Waals surface area contributed by atoms with Gasteiger partial charge in [-0.1, -0.05) is 54.3 Å². The fraction of sp³-hybridized carbons (Fsp3) is 0.235. The first kappa shape index (κ1) is 17.4. The smallest absolute Gasteiger partial charge is 0.264 e. The van der Waals surface area contributed by atoms with Crippen LogP contribution < -0.4 is 4.90 Å². The summed E-state index contributed by atoms with van der Waals surface area (Å²) in [6.07, 6.45) is 2.28. The lowest BCUT2D eigenvalue weighted by Crippen LogP contribution is -2.22. The van der Waals surface area contributed by atoms with E-state index in [0.717, 1.165) is 31.2 Å². The molecule has 0 aliphatic carbocycles. The van der Waals surface area contributed by atoms with Gasteiger partial charge in [-0.2, -0.15) is 8.42 Å². The molecule has 0 atom stereocenters. The van der Waals surface area contributed by atoms with Gasteiger partial charge in [-0.15, -0.1) is 0 Å². The van der Waals surface area contributed by atoms with E-state index >= 15 is 0 Å². The zero-order valence-electron chi connectivity index (χ0n) is 13.1. The molecule has 0 radical (unpaired) electrons. The molecule has 0 fully saturated rings. The molecule has 0 saturated carbocycles. The predicted octanol–water partition coefficient (Wildman–Crippen LogP) is 4.26. The van der Waals surface area contributed by atoms with Gasteiger partial charge in [-0.05, 0) is 30.9 Å². The van der Waals surface area contributed by atoms with Crippen LogP contribution in [0.1, 0.15) is 13.3 Å². The largest absolute Gasteiger partial charge is 0.334 e. The number of anilines is 1. The van der Waals surface area contributed by atoms with E-state index in [1.807, 2.05) is 25.1 Å². The Morgan fingerprint density at radius 2 is 2.04 bits per heavy atom. The Labute approximate surface area is 151 Å². The summed E-state index contributed by atoms with van der Waals surface area (Å²) < 4.78 is 31.0. The van der Waals surface area contributed by atoms with Crippen molar-refractivity contribution < 1.29 is 13.0 Å². The molecule has 0 bridgehead atoms. The van der Waals surface area contributed by atoms with E-state index in [4.69, 9.17) is 16.8 Å². The van der Waals surface area contributed by atoms with E-state index in [1.165, 1.54) is 0 Å². The topological polar surface area (TPSA) is 57.6 Å². The average molecular weight is 380 g/mol. The molecule has 0 spiro atoms. The molecule has 1 N–H and O–H groups in total. The number of thioether (sulfide) groups is 1. The predicted molar refractivity (Wildman–Crippen MR) is 105 cm³/mol. The van der Waals surface area contributed by atoms with Crippen molar-refractivity contribution in [3.05, 3.63) is 47.5 Å². The average Bonchev–Trinajstić information content (AvgIpc) is 2.83. The van der Waals surface area contributed by atoms with Crippen LogP contribution in [0.25, 0.3) is 10.8 Å². The highest BCUT2D eigenvalue weighted by atomic mass is 32.2. The first-order valence-electron chi connectivity index (χ1n) is 7.50. The zero-order chi connectivity index (χ0) is 17.3. The van der Waals surface area contributed by atoms with E-state index in [-0.39, 0.29) is 5.75 Å². The molecule has 3 rings (SSSR count). The van der Waals surface area contributed by atoms with Gasteiger partial charge in [0.2, 0.25) is 0 Å². The van der Waals surface area contributed by atoms with Crippen LogP contribution in [0.4, 0.5) is 5.69 Å². The van der Waals surface area contributed by atoms with Gasteiger partial charge in [0, 0.05) is 21.7 Å².